The first kappa shape index (κ1) is 15.9. The Morgan fingerprint density at radius 3 is 2.71 bits per heavy atom. The second-order valence-electron chi connectivity index (χ2n) is 4.86. The van der Waals surface area contributed by atoms with Crippen molar-refractivity contribution in [1.29, 1.82) is 0 Å². The summed E-state index contributed by atoms with van der Waals surface area (Å²) in [6, 6.07) is 9.61. The van der Waals surface area contributed by atoms with Crippen LogP contribution in [0.1, 0.15) is 41.9 Å². The summed E-state index contributed by atoms with van der Waals surface area (Å²) in [6.45, 7) is 6.43. The van der Waals surface area contributed by atoms with Gasteiger partial charge in [-0.25, -0.2) is 4.79 Å². The maximum atomic E-state index is 12.1. The Kier molecular flexibility index (Phi) is 5.31. The van der Waals surface area contributed by atoms with Gasteiger partial charge in [0.25, 0.3) is 0 Å². The summed E-state index contributed by atoms with van der Waals surface area (Å²) in [6.07, 6.45) is 0. The molecule has 2 N–H and O–H groups in total. The number of nitrogens with two attached hydrogens (primary N) is 1. The lowest BCUT2D eigenvalue weighted by atomic mass is 10.1. The smallest absolute Gasteiger partial charge is 0.340 e. The van der Waals surface area contributed by atoms with E-state index >= 15 is 0 Å². The third kappa shape index (κ3) is 3.80. The molecule has 0 unspecified atom stereocenters. The molecule has 5 heteroatoms. The molecule has 1 aromatic heterocycles. The standard InChI is InChI=1S/C16H19NO2S2/c1-4-19-15(18)11-9-14(10(2)3)21-16(11)20-13-8-6-5-7-12(13)17/h5-10H,4,17H2,1-3H3. The van der Waals surface area contributed by atoms with Crippen molar-refractivity contribution in [2.24, 2.45) is 0 Å². The van der Waals surface area contributed by atoms with Crippen LogP contribution in [0, 0.1) is 0 Å². The number of thiophene rings is 1. The molecule has 0 amide bonds. The number of ether oxygens (including phenoxy) is 1. The van der Waals surface area contributed by atoms with Gasteiger partial charge in [0.1, 0.15) is 0 Å². The van der Waals surface area contributed by atoms with E-state index in [-0.39, 0.29) is 5.97 Å². The van der Waals surface area contributed by atoms with Crippen LogP contribution in [0.25, 0.3) is 0 Å². The summed E-state index contributed by atoms with van der Waals surface area (Å²) < 4.78 is 6.09. The number of hydrogen-bond donors (Lipinski definition) is 1. The number of benzene rings is 1. The van der Waals surface area contributed by atoms with Crippen LogP contribution in [0.4, 0.5) is 5.69 Å². The van der Waals surface area contributed by atoms with Crippen molar-refractivity contribution in [3.05, 3.63) is 40.8 Å². The summed E-state index contributed by atoms with van der Waals surface area (Å²) in [5.74, 6) is 0.114. The van der Waals surface area contributed by atoms with Gasteiger partial charge in [0, 0.05) is 15.5 Å². The van der Waals surface area contributed by atoms with Crippen molar-refractivity contribution in [3.8, 4) is 0 Å². The molecule has 0 saturated carbocycles. The molecule has 1 heterocycles. The highest BCUT2D eigenvalue weighted by Gasteiger charge is 2.20. The van der Waals surface area contributed by atoms with Gasteiger partial charge >= 0.3 is 5.97 Å². The zero-order chi connectivity index (χ0) is 15.4. The molecule has 3 nitrogen and oxygen atoms in total. The van der Waals surface area contributed by atoms with Crippen molar-refractivity contribution in [2.75, 3.05) is 12.3 Å². The van der Waals surface area contributed by atoms with Crippen molar-refractivity contribution in [3.63, 3.8) is 0 Å². The third-order valence-corrected chi connectivity index (χ3v) is 5.63. The lowest BCUT2D eigenvalue weighted by Gasteiger charge is -2.05. The topological polar surface area (TPSA) is 52.3 Å². The zero-order valence-corrected chi connectivity index (χ0v) is 14.0. The molecule has 0 bridgehead atoms. The molecule has 0 aliphatic carbocycles. The van der Waals surface area contributed by atoms with Gasteiger partial charge in [0.15, 0.2) is 0 Å². The molecule has 2 aromatic rings. The Labute approximate surface area is 133 Å². The second kappa shape index (κ2) is 7.00. The van der Waals surface area contributed by atoms with Gasteiger partial charge in [-0.15, -0.1) is 11.3 Å². The highest BCUT2D eigenvalue weighted by molar-refractivity contribution is 8.01. The molecule has 21 heavy (non-hydrogen) atoms. The van der Waals surface area contributed by atoms with E-state index in [1.807, 2.05) is 37.3 Å². The summed E-state index contributed by atoms with van der Waals surface area (Å²) in [7, 11) is 0. The molecule has 0 atom stereocenters. The van der Waals surface area contributed by atoms with E-state index in [0.29, 0.717) is 18.1 Å². The van der Waals surface area contributed by atoms with Gasteiger partial charge < -0.3 is 10.5 Å². The lowest BCUT2D eigenvalue weighted by molar-refractivity contribution is 0.0523. The fraction of sp³-hybridized carbons (Fsp3) is 0.312. The predicted molar refractivity (Wildman–Crippen MR) is 89.3 cm³/mol. The van der Waals surface area contributed by atoms with Crippen molar-refractivity contribution in [2.45, 2.75) is 35.8 Å². The van der Waals surface area contributed by atoms with Gasteiger partial charge in [0.05, 0.1) is 16.4 Å². The molecule has 0 radical (unpaired) electrons. The molecule has 112 valence electrons. The zero-order valence-electron chi connectivity index (χ0n) is 12.4. The number of hydrogen-bond acceptors (Lipinski definition) is 5. The quantitative estimate of drug-likeness (QED) is 0.636. The van der Waals surface area contributed by atoms with Crippen molar-refractivity contribution in [1.82, 2.24) is 0 Å². The van der Waals surface area contributed by atoms with Crippen LogP contribution in [0.3, 0.4) is 0 Å². The Bertz CT molecular complexity index is 635. The Morgan fingerprint density at radius 2 is 2.10 bits per heavy atom. The van der Waals surface area contributed by atoms with E-state index in [0.717, 1.165) is 14.8 Å². The van der Waals surface area contributed by atoms with E-state index < -0.39 is 0 Å². The molecular weight excluding hydrogens is 302 g/mol. The average molecular weight is 321 g/mol. The van der Waals surface area contributed by atoms with Crippen LogP contribution in [-0.2, 0) is 4.74 Å². The van der Waals surface area contributed by atoms with Crippen LogP contribution in [0.15, 0.2) is 39.4 Å². The van der Waals surface area contributed by atoms with E-state index in [1.54, 1.807) is 11.3 Å². The fourth-order valence-electron chi connectivity index (χ4n) is 1.78. The Hall–Kier alpha value is -1.46. The minimum atomic E-state index is -0.266. The van der Waals surface area contributed by atoms with Crippen LogP contribution in [-0.4, -0.2) is 12.6 Å². The summed E-state index contributed by atoms with van der Waals surface area (Å²) in [5.41, 5.74) is 7.34. The fourth-order valence-corrected chi connectivity index (χ4v) is 4.17. The maximum Gasteiger partial charge on any atom is 0.340 e. The molecule has 1 aromatic carbocycles. The molecule has 0 aliphatic rings. The maximum absolute atomic E-state index is 12.1. The first-order valence-electron chi connectivity index (χ1n) is 6.86. The first-order chi connectivity index (χ1) is 10.0. The SMILES string of the molecule is CCOC(=O)c1cc(C(C)C)sc1Sc1ccccc1N. The van der Waals surface area contributed by atoms with Crippen LogP contribution >= 0.6 is 23.1 Å². The molecule has 2 rings (SSSR count). The van der Waals surface area contributed by atoms with Gasteiger partial charge in [0.2, 0.25) is 0 Å². The van der Waals surface area contributed by atoms with Crippen LogP contribution < -0.4 is 5.73 Å². The van der Waals surface area contributed by atoms with Gasteiger partial charge in [-0.1, -0.05) is 37.7 Å². The Balaban J connectivity index is 2.37. The molecule has 0 aliphatic heterocycles. The van der Waals surface area contributed by atoms with Crippen molar-refractivity contribution >= 4 is 34.8 Å². The van der Waals surface area contributed by atoms with E-state index in [9.17, 15) is 4.79 Å². The predicted octanol–water partition coefficient (Wildman–Crippen LogP) is 4.78. The largest absolute Gasteiger partial charge is 0.462 e. The average Bonchev–Trinajstić information content (AvgIpc) is 2.86. The third-order valence-electron chi connectivity index (χ3n) is 2.90. The monoisotopic (exact) mass is 321 g/mol. The summed E-state index contributed by atoms with van der Waals surface area (Å²) >= 11 is 3.16. The molecule has 0 spiro atoms. The highest BCUT2D eigenvalue weighted by Crippen LogP contribution is 2.41. The van der Waals surface area contributed by atoms with Gasteiger partial charge in [-0.3, -0.25) is 0 Å². The number of nitrogen functional groups attached to an aromatic ring is 1. The van der Waals surface area contributed by atoms with Gasteiger partial charge in [-0.2, -0.15) is 0 Å². The van der Waals surface area contributed by atoms with E-state index in [1.165, 1.54) is 16.6 Å². The number of esters is 1. The Morgan fingerprint density at radius 1 is 1.38 bits per heavy atom. The minimum absolute atomic E-state index is 0.266. The van der Waals surface area contributed by atoms with E-state index in [2.05, 4.69) is 13.8 Å². The highest BCUT2D eigenvalue weighted by atomic mass is 32.2. The second-order valence-corrected chi connectivity index (χ2v) is 7.26. The molecular formula is C16H19NO2S2. The summed E-state index contributed by atoms with van der Waals surface area (Å²) in [5, 5.41) is 0. The number of anilines is 1. The summed E-state index contributed by atoms with van der Waals surface area (Å²) in [4.78, 5) is 14.3. The van der Waals surface area contributed by atoms with Gasteiger partial charge in [-0.05, 0) is 31.0 Å². The lowest BCUT2D eigenvalue weighted by Crippen LogP contribution is -2.04. The van der Waals surface area contributed by atoms with E-state index in [4.69, 9.17) is 10.5 Å². The first-order valence-corrected chi connectivity index (χ1v) is 8.49. The van der Waals surface area contributed by atoms with Crippen molar-refractivity contribution < 1.29 is 9.53 Å². The number of carbonyl (C=O) groups excluding carboxylic acids is 1. The number of para-hydroxylation sites is 1. The number of carbonyl (C=O) groups is 1. The normalized spacial score (nSPS) is 10.9. The molecule has 0 saturated heterocycles. The number of rotatable bonds is 5. The molecule has 0 fully saturated rings. The van der Waals surface area contributed by atoms with Crippen LogP contribution in [0.2, 0.25) is 0 Å². The van der Waals surface area contributed by atoms with Crippen LogP contribution in [0.5, 0.6) is 0 Å². The minimum Gasteiger partial charge on any atom is -0.462 e.